The van der Waals surface area contributed by atoms with Crippen molar-refractivity contribution >= 4 is 22.7 Å². The molecule has 0 unspecified atom stereocenters. The number of carbonyl (C=O) groups is 2. The molecule has 2 aliphatic rings. The summed E-state index contributed by atoms with van der Waals surface area (Å²) >= 11 is 0. The van der Waals surface area contributed by atoms with Gasteiger partial charge in [-0.15, -0.1) is 0 Å². The van der Waals surface area contributed by atoms with Crippen LogP contribution in [0, 0.1) is 5.92 Å². The van der Waals surface area contributed by atoms with Crippen molar-refractivity contribution in [3.63, 3.8) is 0 Å². The quantitative estimate of drug-likeness (QED) is 0.899. The molecule has 26 heavy (non-hydrogen) atoms. The van der Waals surface area contributed by atoms with Crippen LogP contribution >= 0.6 is 0 Å². The van der Waals surface area contributed by atoms with Crippen LogP contribution in [0.3, 0.4) is 0 Å². The van der Waals surface area contributed by atoms with Crippen LogP contribution in [0.5, 0.6) is 5.75 Å². The van der Waals surface area contributed by atoms with Crippen LogP contribution in [-0.2, 0) is 22.6 Å². The Bertz CT molecular complexity index is 849. The van der Waals surface area contributed by atoms with E-state index in [4.69, 9.17) is 4.74 Å². The largest absolute Gasteiger partial charge is 0.495 e. The van der Waals surface area contributed by atoms with E-state index in [9.17, 15) is 9.59 Å². The maximum atomic E-state index is 13.0. The number of carbonyl (C=O) groups excluding carboxylic acids is 2. The van der Waals surface area contributed by atoms with Gasteiger partial charge >= 0.3 is 0 Å². The molecule has 1 aromatic carbocycles. The van der Waals surface area contributed by atoms with E-state index >= 15 is 0 Å². The van der Waals surface area contributed by atoms with Gasteiger partial charge in [0.1, 0.15) is 5.75 Å². The molecule has 2 aromatic rings. The zero-order valence-corrected chi connectivity index (χ0v) is 15.4. The lowest BCUT2D eigenvalue weighted by Crippen LogP contribution is -2.45. The maximum Gasteiger partial charge on any atom is 0.226 e. The van der Waals surface area contributed by atoms with Crippen LogP contribution in [0.25, 0.3) is 10.9 Å². The van der Waals surface area contributed by atoms with E-state index in [1.165, 1.54) is 11.3 Å². The molecule has 0 radical (unpaired) electrons. The van der Waals surface area contributed by atoms with Gasteiger partial charge in [-0.05, 0) is 18.9 Å². The number of nitrogens with one attached hydrogen (secondary N) is 1. The third-order valence-electron chi connectivity index (χ3n) is 5.79. The number of hydrogen-bond donors (Lipinski definition) is 1. The van der Waals surface area contributed by atoms with Gasteiger partial charge in [-0.2, -0.15) is 0 Å². The molecule has 1 N–H and O–H groups in total. The molecule has 138 valence electrons. The number of likely N-dealkylation sites (tertiary alicyclic amines) is 1. The molecule has 4 rings (SSSR count). The van der Waals surface area contributed by atoms with Crippen molar-refractivity contribution in [2.45, 2.75) is 32.7 Å². The summed E-state index contributed by atoms with van der Waals surface area (Å²) in [5.74, 6) is 1.21. The number of ether oxygens (including phenoxy) is 1. The molecule has 0 bridgehead atoms. The van der Waals surface area contributed by atoms with E-state index in [0.29, 0.717) is 19.6 Å². The summed E-state index contributed by atoms with van der Waals surface area (Å²) in [5.41, 5.74) is 3.43. The van der Waals surface area contributed by atoms with Gasteiger partial charge < -0.3 is 19.5 Å². The fourth-order valence-corrected chi connectivity index (χ4v) is 4.27. The molecule has 6 heteroatoms. The van der Waals surface area contributed by atoms with Crippen molar-refractivity contribution < 1.29 is 14.3 Å². The first-order valence-electron chi connectivity index (χ1n) is 9.29. The summed E-state index contributed by atoms with van der Waals surface area (Å²) in [6.07, 6.45) is 2.37. The van der Waals surface area contributed by atoms with E-state index in [1.807, 2.05) is 21.9 Å². The van der Waals surface area contributed by atoms with E-state index in [2.05, 4.69) is 11.1 Å². The summed E-state index contributed by atoms with van der Waals surface area (Å²) in [6, 6.07) is 6.04. The summed E-state index contributed by atoms with van der Waals surface area (Å²) in [5, 5.41) is 1.14. The lowest BCUT2D eigenvalue weighted by Gasteiger charge is -2.35. The Labute approximate surface area is 153 Å². The predicted octanol–water partition coefficient (Wildman–Crippen LogP) is 2.32. The van der Waals surface area contributed by atoms with Crippen molar-refractivity contribution in [1.29, 1.82) is 0 Å². The Balaban J connectivity index is 1.52. The highest BCUT2D eigenvalue weighted by Gasteiger charge is 2.32. The molecule has 1 aromatic heterocycles. The average molecular weight is 355 g/mol. The van der Waals surface area contributed by atoms with Crippen LogP contribution < -0.4 is 4.74 Å². The molecule has 6 nitrogen and oxygen atoms in total. The zero-order chi connectivity index (χ0) is 18.3. The Kier molecular flexibility index (Phi) is 4.34. The summed E-state index contributed by atoms with van der Waals surface area (Å²) in [7, 11) is 1.68. The summed E-state index contributed by atoms with van der Waals surface area (Å²) in [4.78, 5) is 31.8. The molecular weight excluding hydrogens is 330 g/mol. The maximum absolute atomic E-state index is 13.0. The number of piperidine rings is 1. The Morgan fingerprint density at radius 1 is 1.15 bits per heavy atom. The molecule has 1 fully saturated rings. The molecule has 0 spiro atoms. The van der Waals surface area contributed by atoms with Crippen LogP contribution in [0.4, 0.5) is 0 Å². The number of para-hydroxylation sites is 1. The van der Waals surface area contributed by atoms with E-state index in [-0.39, 0.29) is 17.7 Å². The number of nitrogens with zero attached hydrogens (tertiary/aromatic N) is 2. The Hall–Kier alpha value is -2.50. The number of aromatic nitrogens is 1. The van der Waals surface area contributed by atoms with Crippen molar-refractivity contribution in [3.05, 3.63) is 29.5 Å². The van der Waals surface area contributed by atoms with Gasteiger partial charge in [-0.1, -0.05) is 12.1 Å². The second-order valence-corrected chi connectivity index (χ2v) is 7.26. The number of methoxy groups -OCH3 is 1. The fourth-order valence-electron chi connectivity index (χ4n) is 4.27. The smallest absolute Gasteiger partial charge is 0.226 e. The second-order valence-electron chi connectivity index (χ2n) is 7.26. The van der Waals surface area contributed by atoms with Crippen molar-refractivity contribution in [3.8, 4) is 5.75 Å². The molecule has 0 aliphatic carbocycles. The number of H-pyrrole nitrogens is 1. The first-order chi connectivity index (χ1) is 12.6. The minimum absolute atomic E-state index is 0.0342. The monoisotopic (exact) mass is 355 g/mol. The molecule has 2 aliphatic heterocycles. The van der Waals surface area contributed by atoms with E-state index in [0.717, 1.165) is 42.5 Å². The summed E-state index contributed by atoms with van der Waals surface area (Å²) < 4.78 is 5.46. The molecule has 2 amide bonds. The van der Waals surface area contributed by atoms with Gasteiger partial charge in [0.2, 0.25) is 11.8 Å². The summed E-state index contributed by atoms with van der Waals surface area (Å²) in [6.45, 7) is 4.37. The fraction of sp³-hybridized carbons (Fsp3) is 0.500. The van der Waals surface area contributed by atoms with E-state index in [1.54, 1.807) is 14.0 Å². The van der Waals surface area contributed by atoms with Gasteiger partial charge in [0.05, 0.1) is 12.6 Å². The lowest BCUT2D eigenvalue weighted by atomic mass is 9.94. The van der Waals surface area contributed by atoms with Gasteiger partial charge in [0, 0.05) is 62.1 Å². The van der Waals surface area contributed by atoms with Gasteiger partial charge in [-0.3, -0.25) is 9.59 Å². The number of rotatable bonds is 2. The highest BCUT2D eigenvalue weighted by molar-refractivity contribution is 5.90. The number of hydrogen-bond acceptors (Lipinski definition) is 3. The second kappa shape index (κ2) is 6.67. The Morgan fingerprint density at radius 3 is 2.62 bits per heavy atom. The molecule has 0 saturated carbocycles. The normalized spacial score (nSPS) is 18.1. The minimum atomic E-state index is 0.0342. The third-order valence-corrected chi connectivity index (χ3v) is 5.79. The zero-order valence-electron chi connectivity index (χ0n) is 15.4. The van der Waals surface area contributed by atoms with Crippen molar-refractivity contribution in [2.75, 3.05) is 26.7 Å². The average Bonchev–Trinajstić information content (AvgIpc) is 3.05. The molecule has 3 heterocycles. The van der Waals surface area contributed by atoms with Crippen LogP contribution in [0.15, 0.2) is 18.2 Å². The van der Waals surface area contributed by atoms with Gasteiger partial charge in [-0.25, -0.2) is 0 Å². The first kappa shape index (κ1) is 16.9. The van der Waals surface area contributed by atoms with Gasteiger partial charge in [0.25, 0.3) is 0 Å². The van der Waals surface area contributed by atoms with E-state index < -0.39 is 0 Å². The van der Waals surface area contributed by atoms with Gasteiger partial charge in [0.15, 0.2) is 0 Å². The number of fused-ring (bicyclic) bond motifs is 3. The molecule has 0 atom stereocenters. The van der Waals surface area contributed by atoms with Crippen LogP contribution in [0.2, 0.25) is 0 Å². The van der Waals surface area contributed by atoms with Crippen LogP contribution in [-0.4, -0.2) is 53.3 Å². The molecule has 1 saturated heterocycles. The molecular formula is C20H25N3O3. The number of amides is 2. The highest BCUT2D eigenvalue weighted by Crippen LogP contribution is 2.33. The third kappa shape index (κ3) is 2.83. The topological polar surface area (TPSA) is 65.6 Å². The Morgan fingerprint density at radius 2 is 1.92 bits per heavy atom. The lowest BCUT2D eigenvalue weighted by molar-refractivity contribution is -0.140. The van der Waals surface area contributed by atoms with Crippen molar-refractivity contribution in [2.24, 2.45) is 5.92 Å². The highest BCUT2D eigenvalue weighted by atomic mass is 16.5. The SMILES string of the molecule is COc1cccc2c3c([nH]c12)CCN(C(=O)C1CCN(C(C)=O)CC1)C3. The predicted molar refractivity (Wildman–Crippen MR) is 98.9 cm³/mol. The minimum Gasteiger partial charge on any atom is -0.495 e. The number of benzene rings is 1. The van der Waals surface area contributed by atoms with Crippen LogP contribution in [0.1, 0.15) is 31.0 Å². The van der Waals surface area contributed by atoms with Crippen molar-refractivity contribution in [1.82, 2.24) is 14.8 Å². The number of aromatic amines is 1. The first-order valence-corrected chi connectivity index (χ1v) is 9.29. The standard InChI is InChI=1S/C20H25N3O3/c1-13(24)22-9-6-14(7-10-22)20(25)23-11-8-17-16(12-23)15-4-3-5-18(26-2)19(15)21-17/h3-5,14,21H,6-12H2,1-2H3.